The van der Waals surface area contributed by atoms with E-state index < -0.39 is 0 Å². The molecule has 0 saturated heterocycles. The molecule has 0 amide bonds. The predicted octanol–water partition coefficient (Wildman–Crippen LogP) is 7.00. The number of furan rings is 1. The summed E-state index contributed by atoms with van der Waals surface area (Å²) in [6, 6.07) is 33.3. The SMILES string of the molecule is c1ccc(-c2cccc(Nc3ccc4oc5ccccc5c4c3)c2)cc1. The standard InChI is InChI=1S/C24H17NO/c1-2-7-17(8-3-1)18-9-6-10-19(15-18)25-20-13-14-24-22(16-20)21-11-4-5-12-23(21)26-24/h1-16,25H. The van der Waals surface area contributed by atoms with Crippen LogP contribution < -0.4 is 5.32 Å². The van der Waals surface area contributed by atoms with Gasteiger partial charge in [0.2, 0.25) is 0 Å². The van der Waals surface area contributed by atoms with E-state index in [9.17, 15) is 0 Å². The first-order valence-electron chi connectivity index (χ1n) is 8.71. The zero-order chi connectivity index (χ0) is 17.3. The van der Waals surface area contributed by atoms with Gasteiger partial charge in [0.05, 0.1) is 0 Å². The smallest absolute Gasteiger partial charge is 0.135 e. The summed E-state index contributed by atoms with van der Waals surface area (Å²) >= 11 is 0. The van der Waals surface area contributed by atoms with Gasteiger partial charge in [0.25, 0.3) is 0 Å². The molecule has 0 unspecified atom stereocenters. The average Bonchev–Trinajstić information content (AvgIpc) is 3.07. The number of rotatable bonds is 3. The Hall–Kier alpha value is -3.52. The Morgan fingerprint density at radius 2 is 1.23 bits per heavy atom. The fourth-order valence-corrected chi connectivity index (χ4v) is 3.38. The maximum atomic E-state index is 5.91. The van der Waals surface area contributed by atoms with Crippen LogP contribution in [0.5, 0.6) is 0 Å². The summed E-state index contributed by atoms with van der Waals surface area (Å²) in [5, 5.41) is 5.79. The van der Waals surface area contributed by atoms with Gasteiger partial charge in [-0.05, 0) is 47.5 Å². The highest BCUT2D eigenvalue weighted by Crippen LogP contribution is 2.32. The van der Waals surface area contributed by atoms with E-state index >= 15 is 0 Å². The molecule has 1 N–H and O–H groups in total. The molecule has 26 heavy (non-hydrogen) atoms. The van der Waals surface area contributed by atoms with Crippen molar-refractivity contribution in [3.63, 3.8) is 0 Å². The fraction of sp³-hybridized carbons (Fsp3) is 0. The highest BCUT2D eigenvalue weighted by molar-refractivity contribution is 6.06. The van der Waals surface area contributed by atoms with Crippen LogP contribution in [0, 0.1) is 0 Å². The van der Waals surface area contributed by atoms with E-state index in [1.54, 1.807) is 0 Å². The van der Waals surface area contributed by atoms with Crippen LogP contribution in [0.1, 0.15) is 0 Å². The summed E-state index contributed by atoms with van der Waals surface area (Å²) in [6.07, 6.45) is 0. The average molecular weight is 335 g/mol. The van der Waals surface area contributed by atoms with E-state index in [-0.39, 0.29) is 0 Å². The Morgan fingerprint density at radius 3 is 2.15 bits per heavy atom. The second-order valence-electron chi connectivity index (χ2n) is 6.38. The molecule has 0 fully saturated rings. The van der Waals surface area contributed by atoms with Crippen molar-refractivity contribution in [2.75, 3.05) is 5.32 Å². The van der Waals surface area contributed by atoms with E-state index in [4.69, 9.17) is 4.42 Å². The first-order chi connectivity index (χ1) is 12.9. The Bertz CT molecular complexity index is 1200. The van der Waals surface area contributed by atoms with E-state index in [0.717, 1.165) is 33.3 Å². The lowest BCUT2D eigenvalue weighted by Gasteiger charge is -2.09. The van der Waals surface area contributed by atoms with Crippen molar-refractivity contribution >= 4 is 33.3 Å². The van der Waals surface area contributed by atoms with Crippen molar-refractivity contribution in [2.24, 2.45) is 0 Å². The molecule has 0 aliphatic rings. The molecule has 2 nitrogen and oxygen atoms in total. The van der Waals surface area contributed by atoms with Gasteiger partial charge < -0.3 is 9.73 Å². The molecule has 0 saturated carbocycles. The van der Waals surface area contributed by atoms with E-state index in [1.165, 1.54) is 11.1 Å². The van der Waals surface area contributed by atoms with Crippen LogP contribution >= 0.6 is 0 Å². The van der Waals surface area contributed by atoms with Crippen LogP contribution in [-0.2, 0) is 0 Å². The van der Waals surface area contributed by atoms with Gasteiger partial charge in [0.1, 0.15) is 11.2 Å². The van der Waals surface area contributed by atoms with Crippen LogP contribution in [0.25, 0.3) is 33.1 Å². The summed E-state index contributed by atoms with van der Waals surface area (Å²) in [4.78, 5) is 0. The second kappa shape index (κ2) is 6.08. The first kappa shape index (κ1) is 14.8. The Morgan fingerprint density at radius 1 is 0.500 bits per heavy atom. The molecular formula is C24H17NO. The fourth-order valence-electron chi connectivity index (χ4n) is 3.38. The van der Waals surface area contributed by atoms with Crippen LogP contribution in [-0.4, -0.2) is 0 Å². The van der Waals surface area contributed by atoms with Gasteiger partial charge in [-0.15, -0.1) is 0 Å². The lowest BCUT2D eigenvalue weighted by molar-refractivity contribution is 0.669. The van der Waals surface area contributed by atoms with Gasteiger partial charge in [-0.2, -0.15) is 0 Å². The minimum atomic E-state index is 0.912. The first-order valence-corrected chi connectivity index (χ1v) is 8.71. The molecule has 4 aromatic carbocycles. The maximum Gasteiger partial charge on any atom is 0.135 e. The second-order valence-corrected chi connectivity index (χ2v) is 6.38. The highest BCUT2D eigenvalue weighted by Gasteiger charge is 2.07. The third-order valence-electron chi connectivity index (χ3n) is 4.64. The number of hydrogen-bond acceptors (Lipinski definition) is 2. The molecule has 2 heteroatoms. The van der Waals surface area contributed by atoms with Crippen molar-refractivity contribution in [1.82, 2.24) is 0 Å². The van der Waals surface area contributed by atoms with Crippen molar-refractivity contribution < 1.29 is 4.42 Å². The molecule has 0 atom stereocenters. The quantitative estimate of drug-likeness (QED) is 0.384. The monoisotopic (exact) mass is 335 g/mol. The molecule has 1 aromatic heterocycles. The summed E-state index contributed by atoms with van der Waals surface area (Å²) in [7, 11) is 0. The molecule has 0 bridgehead atoms. The largest absolute Gasteiger partial charge is 0.456 e. The van der Waals surface area contributed by atoms with Crippen molar-refractivity contribution in [3.8, 4) is 11.1 Å². The van der Waals surface area contributed by atoms with Crippen LogP contribution in [0.15, 0.2) is 101 Å². The summed E-state index contributed by atoms with van der Waals surface area (Å²) in [5.41, 5.74) is 6.37. The van der Waals surface area contributed by atoms with Gasteiger partial charge in [0.15, 0.2) is 0 Å². The minimum absolute atomic E-state index is 0.912. The van der Waals surface area contributed by atoms with Crippen molar-refractivity contribution in [1.29, 1.82) is 0 Å². The van der Waals surface area contributed by atoms with Crippen LogP contribution in [0.4, 0.5) is 11.4 Å². The van der Waals surface area contributed by atoms with Crippen molar-refractivity contribution in [2.45, 2.75) is 0 Å². The maximum absolute atomic E-state index is 5.91. The van der Waals surface area contributed by atoms with E-state index in [0.29, 0.717) is 0 Å². The molecule has 1 heterocycles. The van der Waals surface area contributed by atoms with Gasteiger partial charge in [-0.3, -0.25) is 0 Å². The molecule has 0 radical (unpaired) electrons. The van der Waals surface area contributed by atoms with E-state index in [2.05, 4.69) is 72.0 Å². The lowest BCUT2D eigenvalue weighted by Crippen LogP contribution is -1.90. The summed E-state index contributed by atoms with van der Waals surface area (Å²) in [5.74, 6) is 0. The zero-order valence-corrected chi connectivity index (χ0v) is 14.1. The Balaban J connectivity index is 1.52. The minimum Gasteiger partial charge on any atom is -0.456 e. The normalized spacial score (nSPS) is 11.1. The van der Waals surface area contributed by atoms with Crippen molar-refractivity contribution in [3.05, 3.63) is 97.1 Å². The predicted molar refractivity (Wildman–Crippen MR) is 109 cm³/mol. The summed E-state index contributed by atoms with van der Waals surface area (Å²) < 4.78 is 5.91. The number of para-hydroxylation sites is 1. The zero-order valence-electron chi connectivity index (χ0n) is 14.1. The van der Waals surface area contributed by atoms with Crippen LogP contribution in [0.2, 0.25) is 0 Å². The highest BCUT2D eigenvalue weighted by atomic mass is 16.3. The van der Waals surface area contributed by atoms with Gasteiger partial charge in [-0.1, -0.05) is 60.7 Å². The Labute approximate surface area is 151 Å². The number of benzene rings is 4. The molecule has 5 rings (SSSR count). The molecule has 0 aliphatic heterocycles. The van der Waals surface area contributed by atoms with Gasteiger partial charge in [-0.25, -0.2) is 0 Å². The number of nitrogens with one attached hydrogen (secondary N) is 1. The van der Waals surface area contributed by atoms with E-state index in [1.807, 2.05) is 30.3 Å². The number of anilines is 2. The Kier molecular flexibility index (Phi) is 3.46. The van der Waals surface area contributed by atoms with Gasteiger partial charge >= 0.3 is 0 Å². The third-order valence-corrected chi connectivity index (χ3v) is 4.64. The number of hydrogen-bond donors (Lipinski definition) is 1. The molecule has 5 aromatic rings. The molecule has 0 spiro atoms. The third kappa shape index (κ3) is 2.62. The lowest BCUT2D eigenvalue weighted by atomic mass is 10.1. The number of fused-ring (bicyclic) bond motifs is 3. The van der Waals surface area contributed by atoms with Crippen LogP contribution in [0.3, 0.4) is 0 Å². The molecular weight excluding hydrogens is 318 g/mol. The molecule has 0 aliphatic carbocycles. The topological polar surface area (TPSA) is 25.2 Å². The summed E-state index contributed by atoms with van der Waals surface area (Å²) in [6.45, 7) is 0. The van der Waals surface area contributed by atoms with Gasteiger partial charge in [0, 0.05) is 22.1 Å². The molecule has 124 valence electrons.